The zero-order valence-electron chi connectivity index (χ0n) is 14.5. The van der Waals surface area contributed by atoms with E-state index in [0.29, 0.717) is 5.69 Å². The largest absolute Gasteiger partial charge is 0.433 e. The van der Waals surface area contributed by atoms with Gasteiger partial charge >= 0.3 is 6.18 Å². The van der Waals surface area contributed by atoms with Crippen LogP contribution in [0.4, 0.5) is 35.0 Å². The summed E-state index contributed by atoms with van der Waals surface area (Å²) >= 11 is 0. The third kappa shape index (κ3) is 4.81. The Labute approximate surface area is 148 Å². The van der Waals surface area contributed by atoms with Gasteiger partial charge in [-0.05, 0) is 25.0 Å². The lowest BCUT2D eigenvalue weighted by atomic mass is 10.1. The second kappa shape index (κ2) is 7.86. The van der Waals surface area contributed by atoms with Gasteiger partial charge in [-0.2, -0.15) is 18.2 Å². The third-order valence-corrected chi connectivity index (χ3v) is 3.86. The highest BCUT2D eigenvalue weighted by Crippen LogP contribution is 2.31. The van der Waals surface area contributed by atoms with Crippen molar-refractivity contribution >= 4 is 17.5 Å². The lowest BCUT2D eigenvalue weighted by Gasteiger charge is -2.21. The number of aromatic nitrogens is 2. The SMILES string of the molecule is Cc1c(F)cccc1Nc1cc(C(F)(F)F)nc(N[C@H](CO)C(C)C)n1. The summed E-state index contributed by atoms with van der Waals surface area (Å²) < 4.78 is 53.1. The molecule has 1 aromatic carbocycles. The molecule has 1 heterocycles. The predicted molar refractivity (Wildman–Crippen MR) is 90.8 cm³/mol. The molecule has 5 nitrogen and oxygen atoms in total. The van der Waals surface area contributed by atoms with Gasteiger partial charge < -0.3 is 15.7 Å². The summed E-state index contributed by atoms with van der Waals surface area (Å²) in [4.78, 5) is 7.50. The van der Waals surface area contributed by atoms with Gasteiger partial charge in [0.15, 0.2) is 5.69 Å². The minimum absolute atomic E-state index is 0.0555. The Morgan fingerprint density at radius 1 is 1.19 bits per heavy atom. The predicted octanol–water partition coefficient (Wildman–Crippen LogP) is 4.12. The van der Waals surface area contributed by atoms with Crippen LogP contribution in [0.5, 0.6) is 0 Å². The summed E-state index contributed by atoms with van der Waals surface area (Å²) in [5, 5.41) is 14.8. The molecule has 0 spiro atoms. The number of aliphatic hydroxyl groups is 1. The van der Waals surface area contributed by atoms with Crippen LogP contribution < -0.4 is 10.6 Å². The van der Waals surface area contributed by atoms with Crippen molar-refractivity contribution in [2.45, 2.75) is 33.0 Å². The fraction of sp³-hybridized carbons (Fsp3) is 0.412. The number of halogens is 4. The van der Waals surface area contributed by atoms with Crippen molar-refractivity contribution in [3.05, 3.63) is 41.3 Å². The van der Waals surface area contributed by atoms with Gasteiger partial charge in [0.2, 0.25) is 5.95 Å². The maximum absolute atomic E-state index is 13.6. The molecule has 26 heavy (non-hydrogen) atoms. The van der Waals surface area contributed by atoms with E-state index in [1.54, 1.807) is 13.8 Å². The minimum atomic E-state index is -4.68. The summed E-state index contributed by atoms with van der Waals surface area (Å²) in [5.74, 6) is -0.952. The third-order valence-electron chi connectivity index (χ3n) is 3.86. The Hall–Kier alpha value is -2.42. The molecule has 3 N–H and O–H groups in total. The minimum Gasteiger partial charge on any atom is -0.394 e. The van der Waals surface area contributed by atoms with E-state index in [-0.39, 0.29) is 29.9 Å². The molecule has 1 atom stereocenters. The Kier molecular flexibility index (Phi) is 6.01. The van der Waals surface area contributed by atoms with E-state index in [1.807, 2.05) is 0 Å². The number of hydrogen-bond donors (Lipinski definition) is 3. The van der Waals surface area contributed by atoms with E-state index in [1.165, 1.54) is 25.1 Å². The summed E-state index contributed by atoms with van der Waals surface area (Å²) in [6.45, 7) is 4.82. The lowest BCUT2D eigenvalue weighted by Crippen LogP contribution is -2.30. The summed E-state index contributed by atoms with van der Waals surface area (Å²) in [7, 11) is 0. The van der Waals surface area contributed by atoms with Crippen LogP contribution in [0.2, 0.25) is 0 Å². The Morgan fingerprint density at radius 2 is 1.88 bits per heavy atom. The van der Waals surface area contributed by atoms with Crippen molar-refractivity contribution in [2.75, 3.05) is 17.2 Å². The van der Waals surface area contributed by atoms with Gasteiger partial charge in [-0.15, -0.1) is 0 Å². The standard InChI is InChI=1S/C17H20F4N4O/c1-9(2)13(8-26)23-16-24-14(17(19,20)21)7-15(25-16)22-12-6-4-5-11(18)10(12)3/h4-7,9,13,26H,8H2,1-3H3,(H2,22,23,24,25)/t13-/m1/s1. The summed E-state index contributed by atoms with van der Waals surface area (Å²) in [6, 6.07) is 4.46. The molecule has 142 valence electrons. The van der Waals surface area contributed by atoms with Crippen LogP contribution in [0.25, 0.3) is 0 Å². The van der Waals surface area contributed by atoms with Gasteiger partial charge in [-0.3, -0.25) is 0 Å². The molecule has 0 saturated heterocycles. The molecule has 9 heteroatoms. The van der Waals surface area contributed by atoms with Crippen molar-refractivity contribution in [2.24, 2.45) is 5.92 Å². The Morgan fingerprint density at radius 3 is 2.46 bits per heavy atom. The molecular weight excluding hydrogens is 352 g/mol. The first-order valence-corrected chi connectivity index (χ1v) is 7.97. The van der Waals surface area contributed by atoms with Crippen molar-refractivity contribution in [3.63, 3.8) is 0 Å². The van der Waals surface area contributed by atoms with E-state index in [4.69, 9.17) is 0 Å². The molecular formula is C17H20F4N4O. The molecule has 0 unspecified atom stereocenters. The van der Waals surface area contributed by atoms with E-state index in [0.717, 1.165) is 6.07 Å². The number of nitrogens with zero attached hydrogens (tertiary/aromatic N) is 2. The number of hydrogen-bond acceptors (Lipinski definition) is 5. The van der Waals surface area contributed by atoms with E-state index >= 15 is 0 Å². The molecule has 0 radical (unpaired) electrons. The van der Waals surface area contributed by atoms with Gasteiger partial charge in [0, 0.05) is 17.3 Å². The maximum atomic E-state index is 13.6. The van der Waals surface area contributed by atoms with Gasteiger partial charge in [0.05, 0.1) is 12.6 Å². The molecule has 0 saturated carbocycles. The van der Waals surface area contributed by atoms with Gasteiger partial charge in [-0.25, -0.2) is 9.37 Å². The van der Waals surface area contributed by atoms with Gasteiger partial charge in [0.1, 0.15) is 11.6 Å². The number of anilines is 3. The van der Waals surface area contributed by atoms with Crippen LogP contribution >= 0.6 is 0 Å². The topological polar surface area (TPSA) is 70.1 Å². The lowest BCUT2D eigenvalue weighted by molar-refractivity contribution is -0.141. The van der Waals surface area contributed by atoms with E-state index in [9.17, 15) is 22.7 Å². The smallest absolute Gasteiger partial charge is 0.394 e. The zero-order valence-corrected chi connectivity index (χ0v) is 14.5. The van der Waals surface area contributed by atoms with E-state index in [2.05, 4.69) is 20.6 Å². The molecule has 2 rings (SSSR count). The van der Waals surface area contributed by atoms with Crippen LogP contribution in [0.3, 0.4) is 0 Å². The van der Waals surface area contributed by atoms with Gasteiger partial charge in [-0.1, -0.05) is 19.9 Å². The molecule has 0 aliphatic rings. The number of benzene rings is 1. The van der Waals surface area contributed by atoms with Crippen LogP contribution in [-0.4, -0.2) is 27.7 Å². The highest BCUT2D eigenvalue weighted by molar-refractivity contribution is 5.61. The number of rotatable bonds is 6. The Balaban J connectivity index is 2.41. The monoisotopic (exact) mass is 372 g/mol. The fourth-order valence-corrected chi connectivity index (χ4v) is 2.19. The van der Waals surface area contributed by atoms with E-state index < -0.39 is 23.7 Å². The van der Waals surface area contributed by atoms with Crippen LogP contribution in [0, 0.1) is 18.7 Å². The molecule has 0 fully saturated rings. The molecule has 0 aliphatic carbocycles. The summed E-state index contributed by atoms with van der Waals surface area (Å²) in [5.41, 5.74) is -0.595. The van der Waals surface area contributed by atoms with Crippen LogP contribution in [-0.2, 0) is 6.18 Å². The van der Waals surface area contributed by atoms with Crippen LogP contribution in [0.1, 0.15) is 25.1 Å². The second-order valence-electron chi connectivity index (χ2n) is 6.17. The van der Waals surface area contributed by atoms with Crippen molar-refractivity contribution in [1.29, 1.82) is 0 Å². The quantitative estimate of drug-likeness (QED) is 0.666. The maximum Gasteiger partial charge on any atom is 0.433 e. The Bertz CT molecular complexity index is 765. The van der Waals surface area contributed by atoms with Crippen molar-refractivity contribution in [3.8, 4) is 0 Å². The van der Waals surface area contributed by atoms with Crippen LogP contribution in [0.15, 0.2) is 24.3 Å². The highest BCUT2D eigenvalue weighted by Gasteiger charge is 2.34. The zero-order chi connectivity index (χ0) is 19.5. The second-order valence-corrected chi connectivity index (χ2v) is 6.17. The number of alkyl halides is 3. The molecule has 1 aromatic heterocycles. The van der Waals surface area contributed by atoms with Crippen molar-refractivity contribution < 1.29 is 22.7 Å². The fourth-order valence-electron chi connectivity index (χ4n) is 2.19. The molecule has 0 aliphatic heterocycles. The van der Waals surface area contributed by atoms with Gasteiger partial charge in [0.25, 0.3) is 0 Å². The molecule has 2 aromatic rings. The molecule has 0 bridgehead atoms. The first kappa shape index (κ1) is 19.9. The average Bonchev–Trinajstić information content (AvgIpc) is 2.55. The first-order chi connectivity index (χ1) is 12.1. The highest BCUT2D eigenvalue weighted by atomic mass is 19.4. The average molecular weight is 372 g/mol. The normalized spacial score (nSPS) is 13.0. The number of aliphatic hydroxyl groups excluding tert-OH is 1. The first-order valence-electron chi connectivity index (χ1n) is 7.97. The summed E-state index contributed by atoms with van der Waals surface area (Å²) in [6.07, 6.45) is -4.68. The molecule has 0 amide bonds. The van der Waals surface area contributed by atoms with Crippen molar-refractivity contribution in [1.82, 2.24) is 9.97 Å². The number of nitrogens with one attached hydrogen (secondary N) is 2.